The molecule has 0 bridgehead atoms. The maximum Gasteiger partial charge on any atom is 0.310 e. The van der Waals surface area contributed by atoms with Gasteiger partial charge in [-0.05, 0) is 24.8 Å². The fourth-order valence-electron chi connectivity index (χ4n) is 1.85. The lowest BCUT2D eigenvalue weighted by molar-refractivity contribution is -0.385. The van der Waals surface area contributed by atoms with E-state index >= 15 is 0 Å². The third kappa shape index (κ3) is 3.92. The van der Waals surface area contributed by atoms with E-state index in [0.29, 0.717) is 12.5 Å². The van der Waals surface area contributed by atoms with Crippen LogP contribution in [0.2, 0.25) is 0 Å². The van der Waals surface area contributed by atoms with E-state index in [0.717, 1.165) is 12.8 Å². The minimum absolute atomic E-state index is 0.0231. The van der Waals surface area contributed by atoms with Gasteiger partial charge in [0.1, 0.15) is 0 Å². The van der Waals surface area contributed by atoms with E-state index in [9.17, 15) is 14.9 Å². The van der Waals surface area contributed by atoms with Crippen LogP contribution in [0.4, 0.5) is 5.69 Å². The van der Waals surface area contributed by atoms with Crippen LogP contribution in [0.25, 0.3) is 0 Å². The molecular formula is C13H17N3O4. The van der Waals surface area contributed by atoms with Gasteiger partial charge in [0.25, 0.3) is 5.91 Å². The fourth-order valence-corrected chi connectivity index (χ4v) is 1.85. The first-order valence-electron chi connectivity index (χ1n) is 6.46. The molecule has 20 heavy (non-hydrogen) atoms. The summed E-state index contributed by atoms with van der Waals surface area (Å²) < 4.78 is 5.17. The molecule has 0 spiro atoms. The smallest absolute Gasteiger partial charge is 0.310 e. The van der Waals surface area contributed by atoms with Gasteiger partial charge in [0.2, 0.25) is 0 Å². The topological polar surface area (TPSA) is 107 Å². The van der Waals surface area contributed by atoms with E-state index in [1.54, 1.807) is 12.1 Å². The van der Waals surface area contributed by atoms with Crippen molar-refractivity contribution in [2.24, 2.45) is 11.7 Å². The summed E-state index contributed by atoms with van der Waals surface area (Å²) in [4.78, 5) is 21.8. The Kier molecular flexibility index (Phi) is 4.52. The highest BCUT2D eigenvalue weighted by Crippen LogP contribution is 2.31. The average molecular weight is 279 g/mol. The van der Waals surface area contributed by atoms with Crippen LogP contribution in [-0.2, 0) is 4.79 Å². The van der Waals surface area contributed by atoms with Crippen LogP contribution in [-0.4, -0.2) is 30.0 Å². The molecule has 1 aliphatic rings. The number of hydrogen-bond acceptors (Lipinski definition) is 5. The number of nitrogens with zero attached hydrogens (tertiary/aromatic N) is 1. The van der Waals surface area contributed by atoms with Gasteiger partial charge in [0.05, 0.1) is 4.92 Å². The number of rotatable bonds is 7. The molecule has 3 N–H and O–H groups in total. The van der Waals surface area contributed by atoms with Crippen LogP contribution in [0.3, 0.4) is 0 Å². The van der Waals surface area contributed by atoms with Gasteiger partial charge in [0.15, 0.2) is 12.4 Å². The summed E-state index contributed by atoms with van der Waals surface area (Å²) in [6.45, 7) is 0.145. The van der Waals surface area contributed by atoms with E-state index < -0.39 is 4.92 Å². The molecule has 0 heterocycles. The molecule has 0 radical (unpaired) electrons. The van der Waals surface area contributed by atoms with Crippen LogP contribution in [0, 0.1) is 16.0 Å². The highest BCUT2D eigenvalue weighted by Gasteiger charge is 2.28. The predicted octanol–water partition coefficient (Wildman–Crippen LogP) is 0.827. The molecule has 1 fully saturated rings. The molecule has 1 aromatic rings. The van der Waals surface area contributed by atoms with Gasteiger partial charge in [-0.3, -0.25) is 14.9 Å². The van der Waals surface area contributed by atoms with Crippen LogP contribution >= 0.6 is 0 Å². The number of nitro benzene ring substituents is 1. The number of nitro groups is 1. The molecule has 1 aromatic carbocycles. The number of carbonyl (C=O) groups excluding carboxylic acids is 1. The van der Waals surface area contributed by atoms with Crippen molar-refractivity contribution in [2.75, 3.05) is 13.2 Å². The maximum atomic E-state index is 11.6. The summed E-state index contributed by atoms with van der Waals surface area (Å²) in [5.74, 6) is 0.254. The van der Waals surface area contributed by atoms with Crippen molar-refractivity contribution in [1.29, 1.82) is 0 Å². The Bertz CT molecular complexity index is 502. The molecule has 1 aliphatic carbocycles. The number of para-hydroxylation sites is 2. The zero-order valence-electron chi connectivity index (χ0n) is 11.0. The number of ether oxygens (including phenoxy) is 1. The Morgan fingerprint density at radius 1 is 1.50 bits per heavy atom. The van der Waals surface area contributed by atoms with Crippen molar-refractivity contribution in [3.63, 3.8) is 0 Å². The van der Waals surface area contributed by atoms with Crippen LogP contribution in [0.5, 0.6) is 5.75 Å². The molecule has 7 heteroatoms. The quantitative estimate of drug-likeness (QED) is 0.567. The fraction of sp³-hybridized carbons (Fsp3) is 0.462. The van der Waals surface area contributed by atoms with E-state index in [1.165, 1.54) is 12.1 Å². The van der Waals surface area contributed by atoms with Gasteiger partial charge in [-0.25, -0.2) is 0 Å². The van der Waals surface area contributed by atoms with Gasteiger partial charge in [-0.2, -0.15) is 0 Å². The van der Waals surface area contributed by atoms with E-state index in [-0.39, 0.29) is 30.0 Å². The van der Waals surface area contributed by atoms with Crippen molar-refractivity contribution in [1.82, 2.24) is 5.32 Å². The first kappa shape index (κ1) is 14.3. The van der Waals surface area contributed by atoms with Crippen molar-refractivity contribution in [3.05, 3.63) is 34.4 Å². The normalized spacial score (nSPS) is 15.4. The SMILES string of the molecule is NC(CNC(=O)COc1ccccc1[N+](=O)[O-])C1CC1. The summed E-state index contributed by atoms with van der Waals surface area (Å²) in [7, 11) is 0. The highest BCUT2D eigenvalue weighted by molar-refractivity contribution is 5.77. The lowest BCUT2D eigenvalue weighted by atomic mass is 10.2. The number of nitrogens with one attached hydrogen (secondary N) is 1. The Morgan fingerprint density at radius 3 is 2.85 bits per heavy atom. The third-order valence-corrected chi connectivity index (χ3v) is 3.18. The van der Waals surface area contributed by atoms with Gasteiger partial charge in [0, 0.05) is 18.7 Å². The second-order valence-corrected chi connectivity index (χ2v) is 4.82. The van der Waals surface area contributed by atoms with E-state index in [2.05, 4.69) is 5.32 Å². The summed E-state index contributed by atoms with van der Waals surface area (Å²) >= 11 is 0. The number of hydrogen-bond donors (Lipinski definition) is 2. The summed E-state index contributed by atoms with van der Waals surface area (Å²) in [6.07, 6.45) is 2.23. The van der Waals surface area contributed by atoms with E-state index in [1.807, 2.05) is 0 Å². The largest absolute Gasteiger partial charge is 0.477 e. The highest BCUT2D eigenvalue weighted by atomic mass is 16.6. The molecule has 0 aliphatic heterocycles. The van der Waals surface area contributed by atoms with Crippen molar-refractivity contribution in [2.45, 2.75) is 18.9 Å². The van der Waals surface area contributed by atoms with Crippen LogP contribution < -0.4 is 15.8 Å². The lowest BCUT2D eigenvalue weighted by Crippen LogP contribution is -2.40. The van der Waals surface area contributed by atoms with Crippen molar-refractivity contribution in [3.8, 4) is 5.75 Å². The molecule has 108 valence electrons. The molecule has 1 unspecified atom stereocenters. The molecule has 1 amide bonds. The zero-order valence-corrected chi connectivity index (χ0v) is 11.0. The first-order chi connectivity index (χ1) is 9.58. The molecule has 7 nitrogen and oxygen atoms in total. The molecular weight excluding hydrogens is 262 g/mol. The standard InChI is InChI=1S/C13H17N3O4/c14-10(9-5-6-9)7-15-13(17)8-20-12-4-2-1-3-11(12)16(18)19/h1-4,9-10H,5-8,14H2,(H,15,17). The van der Waals surface area contributed by atoms with Gasteiger partial charge < -0.3 is 15.8 Å². The summed E-state index contributed by atoms with van der Waals surface area (Å²) in [5.41, 5.74) is 5.70. The zero-order chi connectivity index (χ0) is 14.5. The lowest BCUT2D eigenvalue weighted by Gasteiger charge is -2.12. The van der Waals surface area contributed by atoms with Gasteiger partial charge >= 0.3 is 5.69 Å². The predicted molar refractivity (Wildman–Crippen MR) is 72.3 cm³/mol. The monoisotopic (exact) mass is 279 g/mol. The third-order valence-electron chi connectivity index (χ3n) is 3.18. The molecule has 1 saturated carbocycles. The van der Waals surface area contributed by atoms with Crippen molar-refractivity contribution < 1.29 is 14.5 Å². The minimum atomic E-state index is -0.545. The number of nitrogens with two attached hydrogens (primary N) is 1. The molecule has 0 saturated heterocycles. The van der Waals surface area contributed by atoms with Gasteiger partial charge in [-0.1, -0.05) is 12.1 Å². The minimum Gasteiger partial charge on any atom is -0.477 e. The number of amides is 1. The molecule has 0 aromatic heterocycles. The van der Waals surface area contributed by atoms with E-state index in [4.69, 9.17) is 10.5 Å². The van der Waals surface area contributed by atoms with Gasteiger partial charge in [-0.15, -0.1) is 0 Å². The Balaban J connectivity index is 1.79. The maximum absolute atomic E-state index is 11.6. The Hall–Kier alpha value is -2.15. The second kappa shape index (κ2) is 6.33. The second-order valence-electron chi connectivity index (χ2n) is 4.82. The van der Waals surface area contributed by atoms with Crippen LogP contribution in [0.15, 0.2) is 24.3 Å². The van der Waals surface area contributed by atoms with Crippen LogP contribution in [0.1, 0.15) is 12.8 Å². The molecule has 2 rings (SSSR count). The number of carbonyl (C=O) groups is 1. The molecule has 1 atom stereocenters. The Morgan fingerprint density at radius 2 is 2.20 bits per heavy atom. The number of benzene rings is 1. The average Bonchev–Trinajstić information content (AvgIpc) is 3.27. The Labute approximate surface area is 116 Å². The summed E-state index contributed by atoms with van der Waals surface area (Å²) in [6, 6.07) is 5.92. The first-order valence-corrected chi connectivity index (χ1v) is 6.46. The summed E-state index contributed by atoms with van der Waals surface area (Å²) in [5, 5.41) is 13.4. The van der Waals surface area contributed by atoms with Crippen molar-refractivity contribution >= 4 is 11.6 Å².